The highest BCUT2D eigenvalue weighted by Crippen LogP contribution is 2.30. The summed E-state index contributed by atoms with van der Waals surface area (Å²) in [5.74, 6) is 1.40. The SMILES string of the molecule is CCC1CC(c2nc3cc(C)ccc3o2)CCN1. The Morgan fingerprint density at radius 2 is 2.33 bits per heavy atom. The largest absolute Gasteiger partial charge is 0.440 e. The summed E-state index contributed by atoms with van der Waals surface area (Å²) in [5.41, 5.74) is 3.15. The molecule has 0 amide bonds. The second-order valence-electron chi connectivity index (χ2n) is 5.30. The molecule has 2 unspecified atom stereocenters. The summed E-state index contributed by atoms with van der Waals surface area (Å²) in [4.78, 5) is 4.67. The van der Waals surface area contributed by atoms with E-state index < -0.39 is 0 Å². The van der Waals surface area contributed by atoms with Crippen molar-refractivity contribution in [3.63, 3.8) is 0 Å². The topological polar surface area (TPSA) is 38.1 Å². The van der Waals surface area contributed by atoms with E-state index in [0.717, 1.165) is 36.4 Å². The Morgan fingerprint density at radius 3 is 3.17 bits per heavy atom. The van der Waals surface area contributed by atoms with Gasteiger partial charge in [-0.25, -0.2) is 4.98 Å². The van der Waals surface area contributed by atoms with E-state index in [-0.39, 0.29) is 0 Å². The molecule has 2 heterocycles. The van der Waals surface area contributed by atoms with E-state index in [4.69, 9.17) is 4.42 Å². The Balaban J connectivity index is 1.89. The van der Waals surface area contributed by atoms with Crippen LogP contribution in [0.25, 0.3) is 11.1 Å². The number of benzene rings is 1. The van der Waals surface area contributed by atoms with Crippen molar-refractivity contribution in [2.24, 2.45) is 0 Å². The summed E-state index contributed by atoms with van der Waals surface area (Å²) in [6, 6.07) is 6.81. The maximum atomic E-state index is 5.92. The van der Waals surface area contributed by atoms with Crippen molar-refractivity contribution >= 4 is 11.1 Å². The molecule has 96 valence electrons. The normalized spacial score (nSPS) is 24.6. The van der Waals surface area contributed by atoms with Crippen LogP contribution in [0, 0.1) is 6.92 Å². The number of nitrogens with one attached hydrogen (secondary N) is 1. The van der Waals surface area contributed by atoms with Crippen molar-refractivity contribution in [2.45, 2.75) is 45.1 Å². The van der Waals surface area contributed by atoms with Gasteiger partial charge in [-0.2, -0.15) is 0 Å². The zero-order chi connectivity index (χ0) is 12.5. The molecule has 1 aromatic carbocycles. The molecule has 0 aliphatic carbocycles. The number of oxazole rings is 1. The minimum absolute atomic E-state index is 0.476. The Kier molecular flexibility index (Phi) is 3.08. The molecular formula is C15H20N2O. The molecule has 2 aromatic rings. The molecule has 0 bridgehead atoms. The van der Waals surface area contributed by atoms with Gasteiger partial charge in [0.25, 0.3) is 0 Å². The lowest BCUT2D eigenvalue weighted by Gasteiger charge is -2.27. The second-order valence-corrected chi connectivity index (χ2v) is 5.30. The minimum Gasteiger partial charge on any atom is -0.440 e. The molecule has 0 radical (unpaired) electrons. The fourth-order valence-electron chi connectivity index (χ4n) is 2.77. The van der Waals surface area contributed by atoms with Gasteiger partial charge in [0.15, 0.2) is 11.5 Å². The maximum absolute atomic E-state index is 5.92. The molecule has 1 N–H and O–H groups in total. The number of rotatable bonds is 2. The van der Waals surface area contributed by atoms with Gasteiger partial charge in [0, 0.05) is 12.0 Å². The van der Waals surface area contributed by atoms with Gasteiger partial charge in [0.1, 0.15) is 5.52 Å². The van der Waals surface area contributed by atoms with Crippen LogP contribution in [0.5, 0.6) is 0 Å². The molecule has 0 saturated carbocycles. The van der Waals surface area contributed by atoms with Crippen LogP contribution in [-0.2, 0) is 0 Å². The summed E-state index contributed by atoms with van der Waals surface area (Å²) in [7, 11) is 0. The summed E-state index contributed by atoms with van der Waals surface area (Å²) >= 11 is 0. The highest BCUT2D eigenvalue weighted by atomic mass is 16.3. The maximum Gasteiger partial charge on any atom is 0.198 e. The van der Waals surface area contributed by atoms with E-state index in [1.54, 1.807) is 0 Å². The highest BCUT2D eigenvalue weighted by molar-refractivity contribution is 5.73. The van der Waals surface area contributed by atoms with Gasteiger partial charge in [-0.05, 0) is 50.4 Å². The number of aryl methyl sites for hydroxylation is 1. The highest BCUT2D eigenvalue weighted by Gasteiger charge is 2.25. The van der Waals surface area contributed by atoms with Crippen LogP contribution in [0.1, 0.15) is 43.6 Å². The lowest BCUT2D eigenvalue weighted by atomic mass is 9.91. The van der Waals surface area contributed by atoms with Crippen LogP contribution in [0.15, 0.2) is 22.6 Å². The molecule has 1 saturated heterocycles. The van der Waals surface area contributed by atoms with E-state index in [1.807, 2.05) is 6.07 Å². The van der Waals surface area contributed by atoms with Crippen LogP contribution in [-0.4, -0.2) is 17.6 Å². The van der Waals surface area contributed by atoms with Gasteiger partial charge < -0.3 is 9.73 Å². The average molecular weight is 244 g/mol. The molecule has 3 rings (SSSR count). The van der Waals surface area contributed by atoms with Gasteiger partial charge in [-0.3, -0.25) is 0 Å². The third-order valence-electron chi connectivity index (χ3n) is 3.90. The summed E-state index contributed by atoms with van der Waals surface area (Å²) in [6.07, 6.45) is 3.44. The molecule has 1 aliphatic heterocycles. The van der Waals surface area contributed by atoms with E-state index >= 15 is 0 Å². The van der Waals surface area contributed by atoms with Gasteiger partial charge in [0.2, 0.25) is 0 Å². The number of nitrogens with zero attached hydrogens (tertiary/aromatic N) is 1. The predicted molar refractivity (Wildman–Crippen MR) is 72.8 cm³/mol. The lowest BCUT2D eigenvalue weighted by Crippen LogP contribution is -2.36. The Hall–Kier alpha value is -1.35. The van der Waals surface area contributed by atoms with Gasteiger partial charge in [-0.15, -0.1) is 0 Å². The fraction of sp³-hybridized carbons (Fsp3) is 0.533. The lowest BCUT2D eigenvalue weighted by molar-refractivity contribution is 0.318. The summed E-state index contributed by atoms with van der Waals surface area (Å²) in [6.45, 7) is 5.39. The van der Waals surface area contributed by atoms with E-state index in [9.17, 15) is 0 Å². The van der Waals surface area contributed by atoms with Crippen LogP contribution >= 0.6 is 0 Å². The van der Waals surface area contributed by atoms with E-state index in [1.165, 1.54) is 12.0 Å². The van der Waals surface area contributed by atoms with Gasteiger partial charge >= 0.3 is 0 Å². The van der Waals surface area contributed by atoms with Gasteiger partial charge in [-0.1, -0.05) is 13.0 Å². The molecule has 0 spiro atoms. The molecule has 1 fully saturated rings. The number of piperidine rings is 1. The first-order chi connectivity index (χ1) is 8.76. The molecular weight excluding hydrogens is 224 g/mol. The molecule has 18 heavy (non-hydrogen) atoms. The van der Waals surface area contributed by atoms with Crippen LogP contribution in [0.3, 0.4) is 0 Å². The van der Waals surface area contributed by atoms with Crippen LogP contribution in [0.2, 0.25) is 0 Å². The molecule has 1 aliphatic rings. The zero-order valence-corrected chi connectivity index (χ0v) is 11.1. The molecule has 3 heteroatoms. The van der Waals surface area contributed by atoms with Crippen molar-refractivity contribution in [2.75, 3.05) is 6.54 Å². The molecule has 2 atom stereocenters. The minimum atomic E-state index is 0.476. The monoisotopic (exact) mass is 244 g/mol. The summed E-state index contributed by atoms with van der Waals surface area (Å²) in [5, 5.41) is 3.54. The quantitative estimate of drug-likeness (QED) is 0.880. The standard InChI is InChI=1S/C15H20N2O/c1-3-12-9-11(6-7-16-12)15-17-13-8-10(2)4-5-14(13)18-15/h4-5,8,11-12,16H,3,6-7,9H2,1-2H3. The van der Waals surface area contributed by atoms with E-state index in [2.05, 4.69) is 36.3 Å². The average Bonchev–Trinajstić information content (AvgIpc) is 2.81. The number of aromatic nitrogens is 1. The zero-order valence-electron chi connectivity index (χ0n) is 11.1. The Labute approximate surface area is 108 Å². The first-order valence-electron chi connectivity index (χ1n) is 6.86. The third kappa shape index (κ3) is 2.15. The molecule has 3 nitrogen and oxygen atoms in total. The number of hydrogen-bond donors (Lipinski definition) is 1. The summed E-state index contributed by atoms with van der Waals surface area (Å²) < 4.78 is 5.92. The second kappa shape index (κ2) is 4.73. The van der Waals surface area contributed by atoms with Crippen molar-refractivity contribution in [1.29, 1.82) is 0 Å². The predicted octanol–water partition coefficient (Wildman–Crippen LogP) is 3.38. The Bertz CT molecular complexity index is 546. The van der Waals surface area contributed by atoms with Gasteiger partial charge in [0.05, 0.1) is 0 Å². The smallest absolute Gasteiger partial charge is 0.198 e. The van der Waals surface area contributed by atoms with Crippen molar-refractivity contribution < 1.29 is 4.42 Å². The number of fused-ring (bicyclic) bond motifs is 1. The van der Waals surface area contributed by atoms with Crippen molar-refractivity contribution in [1.82, 2.24) is 10.3 Å². The van der Waals surface area contributed by atoms with Crippen LogP contribution in [0.4, 0.5) is 0 Å². The first kappa shape index (κ1) is 11.7. The molecule has 1 aromatic heterocycles. The number of hydrogen-bond acceptors (Lipinski definition) is 3. The van der Waals surface area contributed by atoms with Crippen LogP contribution < -0.4 is 5.32 Å². The third-order valence-corrected chi connectivity index (χ3v) is 3.90. The van der Waals surface area contributed by atoms with Crippen molar-refractivity contribution in [3.8, 4) is 0 Å². The fourth-order valence-corrected chi connectivity index (χ4v) is 2.77. The van der Waals surface area contributed by atoms with Crippen molar-refractivity contribution in [3.05, 3.63) is 29.7 Å². The Morgan fingerprint density at radius 1 is 1.44 bits per heavy atom. The first-order valence-corrected chi connectivity index (χ1v) is 6.86. The van der Waals surface area contributed by atoms with E-state index in [0.29, 0.717) is 12.0 Å².